The van der Waals surface area contributed by atoms with Crippen molar-refractivity contribution in [1.29, 1.82) is 0 Å². The molecule has 158 valence electrons. The van der Waals surface area contributed by atoms with Gasteiger partial charge in [0.05, 0.1) is 12.5 Å². The zero-order valence-corrected chi connectivity index (χ0v) is 17.9. The molecule has 7 heteroatoms. The molecule has 0 spiro atoms. The van der Waals surface area contributed by atoms with Crippen LogP contribution in [0.5, 0.6) is 11.5 Å². The third-order valence-corrected chi connectivity index (χ3v) is 4.94. The van der Waals surface area contributed by atoms with E-state index in [-0.39, 0.29) is 5.75 Å². The highest BCUT2D eigenvalue weighted by Gasteiger charge is 2.10. The number of rotatable bonds is 5. The van der Waals surface area contributed by atoms with Crippen LogP contribution < -0.4 is 15.5 Å². The second-order valence-electron chi connectivity index (χ2n) is 7.26. The van der Waals surface area contributed by atoms with Crippen molar-refractivity contribution in [2.75, 3.05) is 12.5 Å². The minimum Gasteiger partial charge on any atom is -0.504 e. The van der Waals surface area contributed by atoms with Crippen LogP contribution in [-0.2, 0) is 6.42 Å². The molecular formula is C24H24N4O3. The molecular weight excluding hydrogens is 392 g/mol. The number of aromatic hydroxyl groups is 1. The minimum atomic E-state index is 0.0678. The van der Waals surface area contributed by atoms with Crippen molar-refractivity contribution in [1.82, 2.24) is 9.97 Å². The fourth-order valence-electron chi connectivity index (χ4n) is 3.39. The van der Waals surface area contributed by atoms with Crippen molar-refractivity contribution in [2.45, 2.75) is 27.2 Å². The van der Waals surface area contributed by atoms with E-state index in [4.69, 9.17) is 9.15 Å². The molecule has 4 rings (SSSR count). The molecule has 2 N–H and O–H groups in total. The molecule has 0 bridgehead atoms. The Morgan fingerprint density at radius 2 is 1.81 bits per heavy atom. The molecule has 0 saturated carbocycles. The number of ether oxygens (including phenoxy) is 1. The van der Waals surface area contributed by atoms with Crippen molar-refractivity contribution in [3.05, 3.63) is 70.8 Å². The van der Waals surface area contributed by atoms with Crippen molar-refractivity contribution >= 4 is 16.9 Å². The highest BCUT2D eigenvalue weighted by Crippen LogP contribution is 2.32. The lowest BCUT2D eigenvalue weighted by molar-refractivity contribution is 0.373. The van der Waals surface area contributed by atoms with E-state index in [2.05, 4.69) is 33.5 Å². The first-order valence-electron chi connectivity index (χ1n) is 10.0. The van der Waals surface area contributed by atoms with E-state index in [0.717, 1.165) is 28.8 Å². The maximum absolute atomic E-state index is 9.92. The van der Waals surface area contributed by atoms with Gasteiger partial charge >= 0.3 is 0 Å². The van der Waals surface area contributed by atoms with E-state index < -0.39 is 0 Å². The molecule has 0 aliphatic heterocycles. The summed E-state index contributed by atoms with van der Waals surface area (Å²) in [5.41, 5.74) is 7.35. The topological polar surface area (TPSA) is 92.8 Å². The van der Waals surface area contributed by atoms with Gasteiger partial charge in [-0.15, -0.1) is 0 Å². The zero-order chi connectivity index (χ0) is 22.0. The standard InChI is InChI=1S/C24H24N4O3/c1-5-16-6-9-21-18(11-16)19(27-28-24-25-14(2)10-15(3)26-24)13-22(31-21)17-7-8-20(29)23(12-17)30-4/h6-13,29H,5H2,1-4H3,(H,25,26,28). The molecule has 31 heavy (non-hydrogen) atoms. The summed E-state index contributed by atoms with van der Waals surface area (Å²) >= 11 is 0. The molecule has 0 aliphatic rings. The van der Waals surface area contributed by atoms with Crippen molar-refractivity contribution in [2.24, 2.45) is 5.10 Å². The number of hydrogen-bond donors (Lipinski definition) is 2. The smallest absolute Gasteiger partial charge is 0.243 e. The van der Waals surface area contributed by atoms with Gasteiger partial charge in [-0.2, -0.15) is 5.10 Å². The number of hydrogen-bond acceptors (Lipinski definition) is 7. The van der Waals surface area contributed by atoms with Gasteiger partial charge in [0.2, 0.25) is 5.95 Å². The average Bonchev–Trinajstić information content (AvgIpc) is 2.76. The quantitative estimate of drug-likeness (QED) is 0.458. The molecule has 0 unspecified atom stereocenters. The fourth-order valence-corrected chi connectivity index (χ4v) is 3.39. The van der Waals surface area contributed by atoms with Crippen LogP contribution >= 0.6 is 0 Å². The third kappa shape index (κ3) is 4.35. The number of aryl methyl sites for hydroxylation is 3. The van der Waals surface area contributed by atoms with E-state index in [1.54, 1.807) is 18.2 Å². The van der Waals surface area contributed by atoms with Gasteiger partial charge in [0.15, 0.2) is 11.5 Å². The van der Waals surface area contributed by atoms with E-state index in [9.17, 15) is 5.11 Å². The van der Waals surface area contributed by atoms with E-state index in [0.29, 0.717) is 28.4 Å². The first kappa shape index (κ1) is 20.4. The zero-order valence-electron chi connectivity index (χ0n) is 17.9. The molecule has 0 amide bonds. The maximum atomic E-state index is 9.92. The maximum Gasteiger partial charge on any atom is 0.243 e. The second-order valence-corrected chi connectivity index (χ2v) is 7.26. The number of nitrogens with one attached hydrogen (secondary N) is 1. The summed E-state index contributed by atoms with van der Waals surface area (Å²) in [6.45, 7) is 5.94. The predicted octanol–water partition coefficient (Wildman–Crippen LogP) is 4.71. The highest BCUT2D eigenvalue weighted by atomic mass is 16.5. The number of benzene rings is 2. The molecule has 0 aliphatic carbocycles. The van der Waals surface area contributed by atoms with E-state index in [1.807, 2.05) is 38.1 Å². The molecule has 2 aromatic carbocycles. The molecule has 7 nitrogen and oxygen atoms in total. The Morgan fingerprint density at radius 1 is 1.03 bits per heavy atom. The van der Waals surface area contributed by atoms with Crippen LogP contribution in [0.1, 0.15) is 23.9 Å². The number of phenols is 1. The Kier molecular flexibility index (Phi) is 5.58. The third-order valence-electron chi connectivity index (χ3n) is 4.94. The van der Waals surface area contributed by atoms with Crippen LogP contribution in [0.4, 0.5) is 5.95 Å². The molecule has 4 aromatic rings. The van der Waals surface area contributed by atoms with Crippen LogP contribution in [-0.4, -0.2) is 22.2 Å². The predicted molar refractivity (Wildman–Crippen MR) is 120 cm³/mol. The minimum absolute atomic E-state index is 0.0678. The van der Waals surface area contributed by atoms with Crippen molar-refractivity contribution < 1.29 is 14.3 Å². The van der Waals surface area contributed by atoms with Crippen molar-refractivity contribution in [3.63, 3.8) is 0 Å². The van der Waals surface area contributed by atoms with Gasteiger partial charge in [0.1, 0.15) is 11.3 Å². The van der Waals surface area contributed by atoms with Gasteiger partial charge in [0.25, 0.3) is 0 Å². The van der Waals surface area contributed by atoms with Crippen LogP contribution in [0.25, 0.3) is 22.3 Å². The Hall–Kier alpha value is -3.87. The van der Waals surface area contributed by atoms with Crippen LogP contribution in [0, 0.1) is 13.8 Å². The highest BCUT2D eigenvalue weighted by molar-refractivity contribution is 5.79. The summed E-state index contributed by atoms with van der Waals surface area (Å²) in [5, 5.41) is 16.1. The number of anilines is 1. The lowest BCUT2D eigenvalue weighted by atomic mass is 10.1. The van der Waals surface area contributed by atoms with Gasteiger partial charge in [-0.25, -0.2) is 15.4 Å². The van der Waals surface area contributed by atoms with E-state index >= 15 is 0 Å². The second kappa shape index (κ2) is 8.47. The van der Waals surface area contributed by atoms with Gasteiger partial charge in [-0.3, -0.25) is 0 Å². The fraction of sp³-hybridized carbons (Fsp3) is 0.208. The Labute approximate surface area is 180 Å². The Balaban J connectivity index is 1.88. The Morgan fingerprint density at radius 3 is 2.52 bits per heavy atom. The monoisotopic (exact) mass is 416 g/mol. The van der Waals surface area contributed by atoms with E-state index in [1.165, 1.54) is 12.7 Å². The molecule has 0 fully saturated rings. The van der Waals surface area contributed by atoms with Gasteiger partial charge in [0, 0.05) is 28.4 Å². The largest absolute Gasteiger partial charge is 0.504 e. The Bertz CT molecular complexity index is 1310. The first-order chi connectivity index (χ1) is 15.0. The van der Waals surface area contributed by atoms with Crippen molar-refractivity contribution in [3.8, 4) is 22.8 Å². The average molecular weight is 416 g/mol. The summed E-state index contributed by atoms with van der Waals surface area (Å²) in [6.07, 6.45) is 0.903. The lowest BCUT2D eigenvalue weighted by Gasteiger charge is -2.09. The summed E-state index contributed by atoms with van der Waals surface area (Å²) in [6, 6.07) is 14.9. The molecule has 2 heterocycles. The van der Waals surface area contributed by atoms with Crippen LogP contribution in [0.15, 0.2) is 58.0 Å². The molecule has 0 atom stereocenters. The molecule has 2 aromatic heterocycles. The van der Waals surface area contributed by atoms with Crippen LogP contribution in [0.2, 0.25) is 0 Å². The summed E-state index contributed by atoms with van der Waals surface area (Å²) in [7, 11) is 1.51. The number of nitrogens with zero attached hydrogens (tertiary/aromatic N) is 3. The lowest BCUT2D eigenvalue weighted by Crippen LogP contribution is -2.09. The number of methoxy groups -OCH3 is 1. The van der Waals surface area contributed by atoms with Gasteiger partial charge < -0.3 is 14.3 Å². The first-order valence-corrected chi connectivity index (χ1v) is 10.0. The number of phenolic OH excluding ortho intramolecular Hbond substituents is 1. The normalized spacial score (nSPS) is 11.7. The van der Waals surface area contributed by atoms with Crippen LogP contribution in [0.3, 0.4) is 0 Å². The van der Waals surface area contributed by atoms with Gasteiger partial charge in [-0.05, 0) is 62.2 Å². The molecule has 0 radical (unpaired) electrons. The number of aromatic nitrogens is 2. The summed E-state index contributed by atoms with van der Waals surface area (Å²) < 4.78 is 11.4. The summed E-state index contributed by atoms with van der Waals surface area (Å²) in [5.74, 6) is 1.47. The molecule has 0 saturated heterocycles. The number of fused-ring (bicyclic) bond motifs is 1. The SMILES string of the molecule is CCc1ccc2oc(-c3ccc(O)c(OC)c3)cc(=NNc3nc(C)cc(C)n3)c2c1. The summed E-state index contributed by atoms with van der Waals surface area (Å²) in [4.78, 5) is 8.78. The van der Waals surface area contributed by atoms with Gasteiger partial charge in [-0.1, -0.05) is 13.0 Å².